The van der Waals surface area contributed by atoms with Crippen LogP contribution in [0.3, 0.4) is 0 Å². The summed E-state index contributed by atoms with van der Waals surface area (Å²) >= 11 is 0. The lowest BCUT2D eigenvalue weighted by atomic mass is 9.98. The Hall–Kier alpha value is -3.26. The average Bonchev–Trinajstić information content (AvgIpc) is 2.75. The van der Waals surface area contributed by atoms with E-state index in [1.807, 2.05) is 20.8 Å². The van der Waals surface area contributed by atoms with Gasteiger partial charge >= 0.3 is 6.11 Å². The standard InChI is InChI=1S/C28H26F4O/c1-4-5-20-6-12-24(13-7-20)28(31,32)33-26-15-11-21(27(30)18-26)8-9-23-17-25(29)14-10-22(23)16-19(2)3/h6-7,10-15,17-19H,4-5,16H2,1-3H3. The summed E-state index contributed by atoms with van der Waals surface area (Å²) < 4.78 is 62.1. The lowest BCUT2D eigenvalue weighted by molar-refractivity contribution is -0.185. The van der Waals surface area contributed by atoms with Gasteiger partial charge in [0, 0.05) is 11.6 Å². The SMILES string of the molecule is CCCc1ccc(C(F)(F)Oc2ccc(C#Cc3cc(F)ccc3CC(C)C)c(F)c2)cc1. The number of alkyl halides is 2. The molecule has 0 spiro atoms. The van der Waals surface area contributed by atoms with Gasteiger partial charge in [0.25, 0.3) is 0 Å². The first-order valence-corrected chi connectivity index (χ1v) is 10.9. The van der Waals surface area contributed by atoms with Crippen LogP contribution >= 0.6 is 0 Å². The molecule has 1 nitrogen and oxygen atoms in total. The Morgan fingerprint density at radius 3 is 2.21 bits per heavy atom. The average molecular weight is 455 g/mol. The Kier molecular flexibility index (Phi) is 7.81. The molecule has 3 rings (SSSR count). The van der Waals surface area contributed by atoms with E-state index in [9.17, 15) is 17.6 Å². The van der Waals surface area contributed by atoms with E-state index in [1.54, 1.807) is 18.2 Å². The number of benzene rings is 3. The molecule has 0 unspecified atom stereocenters. The molecule has 0 saturated carbocycles. The van der Waals surface area contributed by atoms with Crippen LogP contribution in [0.4, 0.5) is 17.6 Å². The van der Waals surface area contributed by atoms with Gasteiger partial charge in [-0.1, -0.05) is 57.2 Å². The zero-order valence-corrected chi connectivity index (χ0v) is 18.9. The number of aryl methyl sites for hydroxylation is 1. The van der Waals surface area contributed by atoms with Gasteiger partial charge in [0.2, 0.25) is 0 Å². The van der Waals surface area contributed by atoms with Gasteiger partial charge in [-0.3, -0.25) is 0 Å². The van der Waals surface area contributed by atoms with Gasteiger partial charge in [-0.2, -0.15) is 8.78 Å². The maximum Gasteiger partial charge on any atom is 0.426 e. The van der Waals surface area contributed by atoms with Gasteiger partial charge in [0.05, 0.1) is 11.1 Å². The topological polar surface area (TPSA) is 9.23 Å². The molecule has 0 aromatic heterocycles. The van der Waals surface area contributed by atoms with Gasteiger partial charge in [0.15, 0.2) is 0 Å². The molecule has 0 fully saturated rings. The van der Waals surface area contributed by atoms with Gasteiger partial charge in [0.1, 0.15) is 17.4 Å². The fourth-order valence-corrected chi connectivity index (χ4v) is 3.44. The van der Waals surface area contributed by atoms with Crippen molar-refractivity contribution in [3.05, 3.63) is 100 Å². The summed E-state index contributed by atoms with van der Waals surface area (Å²) in [6.45, 7) is 6.08. The zero-order chi connectivity index (χ0) is 24.0. The van der Waals surface area contributed by atoms with Crippen molar-refractivity contribution < 1.29 is 22.3 Å². The monoisotopic (exact) mass is 454 g/mol. The summed E-state index contributed by atoms with van der Waals surface area (Å²) in [6.07, 6.45) is -1.19. The molecule has 172 valence electrons. The van der Waals surface area contributed by atoms with Crippen LogP contribution in [0.1, 0.15) is 55.0 Å². The highest BCUT2D eigenvalue weighted by Gasteiger charge is 2.34. The molecule has 0 aliphatic rings. The lowest BCUT2D eigenvalue weighted by Gasteiger charge is -2.18. The number of hydrogen-bond donors (Lipinski definition) is 0. The fraction of sp³-hybridized carbons (Fsp3) is 0.286. The van der Waals surface area contributed by atoms with Crippen molar-refractivity contribution in [3.8, 4) is 17.6 Å². The van der Waals surface area contributed by atoms with Crippen molar-refractivity contribution in [2.24, 2.45) is 5.92 Å². The lowest BCUT2D eigenvalue weighted by Crippen LogP contribution is -2.22. The molecule has 0 saturated heterocycles. The number of ether oxygens (including phenoxy) is 1. The molecule has 3 aromatic carbocycles. The van der Waals surface area contributed by atoms with Gasteiger partial charge < -0.3 is 4.74 Å². The third-order valence-electron chi connectivity index (χ3n) is 5.05. The maximum absolute atomic E-state index is 14.6. The summed E-state index contributed by atoms with van der Waals surface area (Å²) in [4.78, 5) is 0. The first kappa shape index (κ1) is 24.4. The van der Waals surface area contributed by atoms with Crippen molar-refractivity contribution in [1.82, 2.24) is 0 Å². The fourth-order valence-electron chi connectivity index (χ4n) is 3.44. The summed E-state index contributed by atoms with van der Waals surface area (Å²) in [5.74, 6) is 4.29. The molecule has 5 heteroatoms. The van der Waals surface area contributed by atoms with Crippen LogP contribution < -0.4 is 4.74 Å². The summed E-state index contributed by atoms with van der Waals surface area (Å²) in [5.41, 5.74) is 2.00. The molecule has 3 aromatic rings. The summed E-state index contributed by atoms with van der Waals surface area (Å²) in [5, 5.41) is 0. The van der Waals surface area contributed by atoms with E-state index < -0.39 is 17.7 Å². The minimum atomic E-state index is -3.61. The number of hydrogen-bond acceptors (Lipinski definition) is 1. The highest BCUT2D eigenvalue weighted by atomic mass is 19.3. The predicted molar refractivity (Wildman–Crippen MR) is 122 cm³/mol. The molecular formula is C28H26F4O. The van der Waals surface area contributed by atoms with Crippen LogP contribution in [0.5, 0.6) is 5.75 Å². The molecule has 0 bridgehead atoms. The number of rotatable bonds is 7. The third kappa shape index (κ3) is 6.61. The second kappa shape index (κ2) is 10.6. The molecule has 0 amide bonds. The Morgan fingerprint density at radius 1 is 0.879 bits per heavy atom. The smallest absolute Gasteiger partial charge is 0.426 e. The maximum atomic E-state index is 14.6. The normalized spacial score (nSPS) is 11.3. The summed E-state index contributed by atoms with van der Waals surface area (Å²) in [6, 6.07) is 13.6. The molecule has 33 heavy (non-hydrogen) atoms. The minimum Gasteiger partial charge on any atom is -0.429 e. The Bertz CT molecular complexity index is 1150. The molecule has 0 aliphatic carbocycles. The van der Waals surface area contributed by atoms with Crippen molar-refractivity contribution in [2.45, 2.75) is 46.1 Å². The van der Waals surface area contributed by atoms with E-state index in [-0.39, 0.29) is 16.9 Å². The van der Waals surface area contributed by atoms with E-state index in [0.29, 0.717) is 17.9 Å². The molecule has 0 aliphatic heterocycles. The molecule has 0 radical (unpaired) electrons. The molecule has 0 heterocycles. The van der Waals surface area contributed by atoms with Gasteiger partial charge in [-0.25, -0.2) is 8.78 Å². The molecule has 0 N–H and O–H groups in total. The molecular weight excluding hydrogens is 428 g/mol. The quantitative estimate of drug-likeness (QED) is 0.263. The van der Waals surface area contributed by atoms with E-state index >= 15 is 0 Å². The van der Waals surface area contributed by atoms with Crippen LogP contribution in [0.2, 0.25) is 0 Å². The van der Waals surface area contributed by atoms with Gasteiger partial charge in [-0.05, 0) is 66.3 Å². The van der Waals surface area contributed by atoms with Crippen molar-refractivity contribution >= 4 is 0 Å². The van der Waals surface area contributed by atoms with Crippen LogP contribution in [-0.2, 0) is 19.0 Å². The van der Waals surface area contributed by atoms with Crippen LogP contribution in [0.25, 0.3) is 0 Å². The predicted octanol–water partition coefficient (Wildman–Crippen LogP) is 7.64. The largest absolute Gasteiger partial charge is 0.429 e. The highest BCUT2D eigenvalue weighted by Crippen LogP contribution is 2.32. The van der Waals surface area contributed by atoms with Crippen molar-refractivity contribution in [1.29, 1.82) is 0 Å². The van der Waals surface area contributed by atoms with Crippen LogP contribution in [-0.4, -0.2) is 0 Å². The van der Waals surface area contributed by atoms with E-state index in [1.165, 1.54) is 36.4 Å². The second-order valence-corrected chi connectivity index (χ2v) is 8.36. The first-order chi connectivity index (χ1) is 15.7. The van der Waals surface area contributed by atoms with Gasteiger partial charge in [-0.15, -0.1) is 0 Å². The highest BCUT2D eigenvalue weighted by molar-refractivity contribution is 5.48. The Labute approximate surface area is 192 Å². The third-order valence-corrected chi connectivity index (χ3v) is 5.05. The molecule has 0 atom stereocenters. The van der Waals surface area contributed by atoms with Crippen molar-refractivity contribution in [3.63, 3.8) is 0 Å². The Balaban J connectivity index is 1.79. The summed E-state index contributed by atoms with van der Waals surface area (Å²) in [7, 11) is 0. The van der Waals surface area contributed by atoms with Crippen molar-refractivity contribution in [2.75, 3.05) is 0 Å². The van der Waals surface area contributed by atoms with E-state index in [2.05, 4.69) is 11.8 Å². The minimum absolute atomic E-state index is 0.00865. The Morgan fingerprint density at radius 2 is 1.58 bits per heavy atom. The van der Waals surface area contributed by atoms with Crippen LogP contribution in [0, 0.1) is 29.4 Å². The van der Waals surface area contributed by atoms with Crippen LogP contribution in [0.15, 0.2) is 60.7 Å². The van der Waals surface area contributed by atoms with E-state index in [0.717, 1.165) is 30.0 Å². The zero-order valence-electron chi connectivity index (χ0n) is 18.9. The van der Waals surface area contributed by atoms with E-state index in [4.69, 9.17) is 4.74 Å². The number of halogens is 4. The first-order valence-electron chi connectivity index (χ1n) is 10.9. The second-order valence-electron chi connectivity index (χ2n) is 8.36.